The number of hydrogen-bond acceptors (Lipinski definition) is 4. The first-order chi connectivity index (χ1) is 10.1. The predicted octanol–water partition coefficient (Wildman–Crippen LogP) is 2.27. The normalized spacial score (nSPS) is 17.3. The van der Waals surface area contributed by atoms with E-state index in [1.165, 1.54) is 19.2 Å². The zero-order valence-corrected chi connectivity index (χ0v) is 12.5. The van der Waals surface area contributed by atoms with Gasteiger partial charge in [0.2, 0.25) is 0 Å². The Balaban J connectivity index is 1.97. The minimum atomic E-state index is -1.11. The highest BCUT2D eigenvalue weighted by Gasteiger charge is 2.17. The van der Waals surface area contributed by atoms with E-state index >= 15 is 0 Å². The number of nitrogens with one attached hydrogen (secondary N) is 2. The zero-order chi connectivity index (χ0) is 15.2. The lowest BCUT2D eigenvalue weighted by molar-refractivity contribution is 0.0697. The van der Waals surface area contributed by atoms with Crippen molar-refractivity contribution < 1.29 is 19.4 Å². The van der Waals surface area contributed by atoms with Gasteiger partial charge in [-0.2, -0.15) is 11.8 Å². The molecule has 1 unspecified atom stereocenters. The van der Waals surface area contributed by atoms with Crippen LogP contribution in [0.15, 0.2) is 18.2 Å². The van der Waals surface area contributed by atoms with Gasteiger partial charge in [0.15, 0.2) is 0 Å². The molecule has 1 aliphatic rings. The molecule has 0 radical (unpaired) electrons. The molecule has 2 rings (SSSR count). The molecule has 1 aromatic rings. The fraction of sp³-hybridized carbons (Fsp3) is 0.429. The van der Waals surface area contributed by atoms with Crippen LogP contribution < -0.4 is 15.4 Å². The minimum Gasteiger partial charge on any atom is -0.497 e. The first kappa shape index (κ1) is 15.5. The highest BCUT2D eigenvalue weighted by atomic mass is 32.2. The third-order valence-corrected chi connectivity index (χ3v) is 4.51. The predicted molar refractivity (Wildman–Crippen MR) is 82.4 cm³/mol. The number of carbonyl (C=O) groups excluding carboxylic acids is 1. The summed E-state index contributed by atoms with van der Waals surface area (Å²) in [6, 6.07) is 4.12. The molecular formula is C14H18N2O4S. The van der Waals surface area contributed by atoms with Crippen molar-refractivity contribution in [1.82, 2.24) is 5.32 Å². The van der Waals surface area contributed by atoms with Crippen molar-refractivity contribution in [2.75, 3.05) is 30.5 Å². The van der Waals surface area contributed by atoms with Crippen LogP contribution in [-0.2, 0) is 0 Å². The fourth-order valence-corrected chi connectivity index (χ4v) is 3.37. The van der Waals surface area contributed by atoms with Gasteiger partial charge >= 0.3 is 12.0 Å². The van der Waals surface area contributed by atoms with E-state index in [1.807, 2.05) is 11.8 Å². The van der Waals surface area contributed by atoms with Crippen LogP contribution >= 0.6 is 11.8 Å². The van der Waals surface area contributed by atoms with Gasteiger partial charge in [-0.25, -0.2) is 9.59 Å². The highest BCUT2D eigenvalue weighted by molar-refractivity contribution is 7.99. The smallest absolute Gasteiger partial charge is 0.337 e. The second-order valence-corrected chi connectivity index (χ2v) is 5.93. The summed E-state index contributed by atoms with van der Waals surface area (Å²) < 4.78 is 4.99. The lowest BCUT2D eigenvalue weighted by Gasteiger charge is -2.13. The number of hydrogen-bond donors (Lipinski definition) is 3. The summed E-state index contributed by atoms with van der Waals surface area (Å²) in [5.74, 6) is 2.01. The summed E-state index contributed by atoms with van der Waals surface area (Å²) in [4.78, 5) is 23.1. The standard InChI is InChI=1S/C14H18N2O4S/c1-20-10-2-3-12(11(6-10)13(17)18)16-14(19)15-7-9-4-5-21-8-9/h2-3,6,9H,4-5,7-8H2,1H3,(H,17,18)(H2,15,16,19). The molecule has 0 aliphatic carbocycles. The molecule has 2 amide bonds. The number of carboxylic acid groups (broad SMARTS) is 1. The number of carboxylic acids is 1. The number of thioether (sulfide) groups is 1. The van der Waals surface area contributed by atoms with E-state index in [0.29, 0.717) is 18.2 Å². The highest BCUT2D eigenvalue weighted by Crippen LogP contribution is 2.23. The van der Waals surface area contributed by atoms with Gasteiger partial charge in [-0.05, 0) is 42.0 Å². The Morgan fingerprint density at radius 3 is 2.90 bits per heavy atom. The van der Waals surface area contributed by atoms with Crippen LogP contribution in [0.1, 0.15) is 16.8 Å². The molecule has 1 heterocycles. The first-order valence-electron chi connectivity index (χ1n) is 6.64. The van der Waals surface area contributed by atoms with Gasteiger partial charge in [0.1, 0.15) is 5.75 Å². The van der Waals surface area contributed by atoms with E-state index in [1.54, 1.807) is 6.07 Å². The lowest BCUT2D eigenvalue weighted by Crippen LogP contribution is -2.33. The summed E-state index contributed by atoms with van der Waals surface area (Å²) in [5, 5.41) is 14.5. The van der Waals surface area contributed by atoms with Crippen LogP contribution in [0, 0.1) is 5.92 Å². The Kier molecular flexibility index (Phi) is 5.32. The van der Waals surface area contributed by atoms with Crippen LogP contribution in [0.3, 0.4) is 0 Å². The summed E-state index contributed by atoms with van der Waals surface area (Å²) >= 11 is 1.88. The van der Waals surface area contributed by atoms with Gasteiger partial charge in [0, 0.05) is 6.54 Å². The van der Waals surface area contributed by atoms with Crippen LogP contribution in [0.25, 0.3) is 0 Å². The van der Waals surface area contributed by atoms with Crippen molar-refractivity contribution in [1.29, 1.82) is 0 Å². The summed E-state index contributed by atoms with van der Waals surface area (Å²) in [7, 11) is 1.46. The van der Waals surface area contributed by atoms with Gasteiger partial charge in [0.25, 0.3) is 0 Å². The second-order valence-electron chi connectivity index (χ2n) is 4.78. The van der Waals surface area contributed by atoms with Crippen molar-refractivity contribution in [3.05, 3.63) is 23.8 Å². The molecule has 1 aromatic carbocycles. The molecule has 7 heteroatoms. The molecule has 1 aliphatic heterocycles. The average molecular weight is 310 g/mol. The van der Waals surface area contributed by atoms with Gasteiger partial charge in [-0.3, -0.25) is 0 Å². The van der Waals surface area contributed by atoms with Gasteiger partial charge < -0.3 is 20.5 Å². The van der Waals surface area contributed by atoms with Crippen molar-refractivity contribution in [3.63, 3.8) is 0 Å². The van der Waals surface area contributed by atoms with E-state index in [2.05, 4.69) is 10.6 Å². The molecular weight excluding hydrogens is 292 g/mol. The number of anilines is 1. The Morgan fingerprint density at radius 2 is 2.29 bits per heavy atom. The quantitative estimate of drug-likeness (QED) is 0.776. The molecule has 114 valence electrons. The fourth-order valence-electron chi connectivity index (χ4n) is 2.08. The maximum absolute atomic E-state index is 11.8. The van der Waals surface area contributed by atoms with E-state index in [4.69, 9.17) is 4.74 Å². The summed E-state index contributed by atoms with van der Waals surface area (Å²) in [6.07, 6.45) is 1.11. The average Bonchev–Trinajstić information content (AvgIpc) is 2.98. The van der Waals surface area contributed by atoms with E-state index in [0.717, 1.165) is 17.9 Å². The molecule has 0 aromatic heterocycles. The van der Waals surface area contributed by atoms with Crippen molar-refractivity contribution >= 4 is 29.4 Å². The number of carbonyl (C=O) groups is 2. The van der Waals surface area contributed by atoms with Crippen LogP contribution in [-0.4, -0.2) is 42.3 Å². The van der Waals surface area contributed by atoms with Crippen LogP contribution in [0.4, 0.5) is 10.5 Å². The Bertz CT molecular complexity index is 530. The number of amides is 2. The Morgan fingerprint density at radius 1 is 1.48 bits per heavy atom. The number of ether oxygens (including phenoxy) is 1. The molecule has 1 fully saturated rings. The van der Waals surface area contributed by atoms with E-state index < -0.39 is 5.97 Å². The topological polar surface area (TPSA) is 87.7 Å². The third-order valence-electron chi connectivity index (χ3n) is 3.28. The second kappa shape index (κ2) is 7.21. The molecule has 1 atom stereocenters. The monoisotopic (exact) mass is 310 g/mol. The molecule has 1 saturated heterocycles. The van der Waals surface area contributed by atoms with Crippen LogP contribution in [0.5, 0.6) is 5.75 Å². The molecule has 0 bridgehead atoms. The Labute approximate surface area is 127 Å². The van der Waals surface area contributed by atoms with Crippen molar-refractivity contribution in [2.24, 2.45) is 5.92 Å². The number of aromatic carboxylic acids is 1. The first-order valence-corrected chi connectivity index (χ1v) is 7.79. The minimum absolute atomic E-state index is 0.000854. The number of urea groups is 1. The maximum atomic E-state index is 11.8. The molecule has 6 nitrogen and oxygen atoms in total. The molecule has 21 heavy (non-hydrogen) atoms. The number of methoxy groups -OCH3 is 1. The SMILES string of the molecule is COc1ccc(NC(=O)NCC2CCSC2)c(C(=O)O)c1. The maximum Gasteiger partial charge on any atom is 0.337 e. The number of rotatable bonds is 5. The third kappa shape index (κ3) is 4.29. The van der Waals surface area contributed by atoms with E-state index in [-0.39, 0.29) is 17.3 Å². The van der Waals surface area contributed by atoms with Gasteiger partial charge in [0.05, 0.1) is 18.4 Å². The number of benzene rings is 1. The van der Waals surface area contributed by atoms with Crippen molar-refractivity contribution in [2.45, 2.75) is 6.42 Å². The molecule has 0 saturated carbocycles. The largest absolute Gasteiger partial charge is 0.497 e. The molecule has 0 spiro atoms. The van der Waals surface area contributed by atoms with Crippen molar-refractivity contribution in [3.8, 4) is 5.75 Å². The molecule has 3 N–H and O–H groups in total. The van der Waals surface area contributed by atoms with Gasteiger partial charge in [-0.1, -0.05) is 0 Å². The Hall–Kier alpha value is -1.89. The van der Waals surface area contributed by atoms with Crippen LogP contribution in [0.2, 0.25) is 0 Å². The summed E-state index contributed by atoms with van der Waals surface area (Å²) in [5.41, 5.74) is 0.252. The zero-order valence-electron chi connectivity index (χ0n) is 11.7. The van der Waals surface area contributed by atoms with Gasteiger partial charge in [-0.15, -0.1) is 0 Å². The summed E-state index contributed by atoms with van der Waals surface area (Å²) in [6.45, 7) is 0.609. The van der Waals surface area contributed by atoms with E-state index in [9.17, 15) is 14.7 Å². The lowest BCUT2D eigenvalue weighted by atomic mass is 10.1.